The van der Waals surface area contributed by atoms with E-state index in [0.29, 0.717) is 19.0 Å². The van der Waals surface area contributed by atoms with Crippen molar-refractivity contribution in [1.29, 1.82) is 0 Å². The third-order valence-electron chi connectivity index (χ3n) is 2.50. The predicted molar refractivity (Wildman–Crippen MR) is 68.5 cm³/mol. The van der Waals surface area contributed by atoms with Crippen LogP contribution in [0.1, 0.15) is 11.1 Å². The summed E-state index contributed by atoms with van der Waals surface area (Å²) in [7, 11) is 1.78. The Hall–Kier alpha value is -2.01. The summed E-state index contributed by atoms with van der Waals surface area (Å²) in [6.45, 7) is 1.37. The molecule has 5 heteroatoms. The van der Waals surface area contributed by atoms with E-state index in [2.05, 4.69) is 20.6 Å². The lowest BCUT2D eigenvalue weighted by Crippen LogP contribution is -2.13. The third-order valence-corrected chi connectivity index (χ3v) is 2.50. The second kappa shape index (κ2) is 6.07. The zero-order valence-electron chi connectivity index (χ0n) is 10.2. The molecule has 4 nitrogen and oxygen atoms in total. The van der Waals surface area contributed by atoms with Gasteiger partial charge in [0.05, 0.1) is 0 Å². The van der Waals surface area contributed by atoms with Gasteiger partial charge >= 0.3 is 0 Å². The fourth-order valence-electron chi connectivity index (χ4n) is 1.53. The highest BCUT2D eigenvalue weighted by Gasteiger charge is 1.97. The maximum Gasteiger partial charge on any atom is 0.222 e. The van der Waals surface area contributed by atoms with Crippen molar-refractivity contribution < 1.29 is 4.39 Å². The van der Waals surface area contributed by atoms with Gasteiger partial charge in [-0.25, -0.2) is 14.4 Å². The molecule has 0 saturated carbocycles. The molecule has 0 spiro atoms. The van der Waals surface area contributed by atoms with Crippen LogP contribution in [0.3, 0.4) is 0 Å². The fraction of sp³-hybridized carbons (Fsp3) is 0.231. The van der Waals surface area contributed by atoms with Gasteiger partial charge in [-0.1, -0.05) is 12.1 Å². The van der Waals surface area contributed by atoms with Crippen molar-refractivity contribution in [2.45, 2.75) is 13.1 Å². The fourth-order valence-corrected chi connectivity index (χ4v) is 1.53. The second-order valence-corrected chi connectivity index (χ2v) is 3.89. The summed E-state index contributed by atoms with van der Waals surface area (Å²) in [5, 5.41) is 6.12. The SMILES string of the molecule is CNc1ncc(CNCc2ccc(F)cc2)cn1. The molecule has 2 rings (SSSR count). The highest BCUT2D eigenvalue weighted by atomic mass is 19.1. The lowest BCUT2D eigenvalue weighted by Gasteiger charge is -2.05. The normalized spacial score (nSPS) is 10.3. The average Bonchev–Trinajstić information content (AvgIpc) is 2.42. The van der Waals surface area contributed by atoms with E-state index in [1.165, 1.54) is 12.1 Å². The summed E-state index contributed by atoms with van der Waals surface area (Å²) in [6, 6.07) is 6.45. The Morgan fingerprint density at radius 1 is 1.00 bits per heavy atom. The Morgan fingerprint density at radius 3 is 2.22 bits per heavy atom. The largest absolute Gasteiger partial charge is 0.357 e. The monoisotopic (exact) mass is 246 g/mol. The summed E-state index contributed by atoms with van der Waals surface area (Å²) in [4.78, 5) is 8.25. The minimum absolute atomic E-state index is 0.213. The highest BCUT2D eigenvalue weighted by molar-refractivity contribution is 5.23. The van der Waals surface area contributed by atoms with Gasteiger partial charge in [0.1, 0.15) is 5.82 Å². The van der Waals surface area contributed by atoms with Gasteiger partial charge in [0.15, 0.2) is 0 Å². The lowest BCUT2D eigenvalue weighted by molar-refractivity contribution is 0.624. The molecule has 0 amide bonds. The topological polar surface area (TPSA) is 49.8 Å². The molecule has 0 aliphatic carbocycles. The smallest absolute Gasteiger partial charge is 0.222 e. The summed E-state index contributed by atoms with van der Waals surface area (Å²) < 4.78 is 12.7. The molecule has 18 heavy (non-hydrogen) atoms. The number of benzene rings is 1. The van der Waals surface area contributed by atoms with E-state index in [-0.39, 0.29) is 5.82 Å². The quantitative estimate of drug-likeness (QED) is 0.846. The van der Waals surface area contributed by atoms with Gasteiger partial charge in [-0.15, -0.1) is 0 Å². The molecular formula is C13H15FN4. The first-order valence-corrected chi connectivity index (χ1v) is 5.72. The third kappa shape index (κ3) is 3.49. The van der Waals surface area contributed by atoms with Crippen molar-refractivity contribution in [3.63, 3.8) is 0 Å². The van der Waals surface area contributed by atoms with E-state index in [1.807, 2.05) is 0 Å². The van der Waals surface area contributed by atoms with Crippen LogP contribution in [0.2, 0.25) is 0 Å². The van der Waals surface area contributed by atoms with Crippen molar-refractivity contribution in [1.82, 2.24) is 15.3 Å². The zero-order valence-corrected chi connectivity index (χ0v) is 10.2. The molecule has 0 saturated heterocycles. The van der Waals surface area contributed by atoms with Gasteiger partial charge in [0.25, 0.3) is 0 Å². The van der Waals surface area contributed by atoms with E-state index in [4.69, 9.17) is 0 Å². The summed E-state index contributed by atoms with van der Waals surface area (Å²) in [5.41, 5.74) is 2.06. The molecule has 1 heterocycles. The standard InChI is InChI=1S/C13H15FN4/c1-15-13-17-8-11(9-18-13)7-16-6-10-2-4-12(14)5-3-10/h2-5,8-9,16H,6-7H2,1H3,(H,15,17,18). The van der Waals surface area contributed by atoms with E-state index in [1.54, 1.807) is 31.6 Å². The van der Waals surface area contributed by atoms with Gasteiger partial charge < -0.3 is 10.6 Å². The highest BCUT2D eigenvalue weighted by Crippen LogP contribution is 2.03. The van der Waals surface area contributed by atoms with Gasteiger partial charge in [0.2, 0.25) is 5.95 Å². The van der Waals surface area contributed by atoms with Crippen molar-refractivity contribution in [2.75, 3.05) is 12.4 Å². The molecule has 0 atom stereocenters. The van der Waals surface area contributed by atoms with Crippen LogP contribution >= 0.6 is 0 Å². The van der Waals surface area contributed by atoms with Crippen molar-refractivity contribution in [3.05, 3.63) is 53.6 Å². The minimum Gasteiger partial charge on any atom is -0.357 e. The number of hydrogen-bond donors (Lipinski definition) is 2. The number of halogens is 1. The van der Waals surface area contributed by atoms with E-state index in [9.17, 15) is 4.39 Å². The maximum atomic E-state index is 12.7. The molecule has 2 N–H and O–H groups in total. The van der Waals surface area contributed by atoms with Crippen LogP contribution in [0.15, 0.2) is 36.7 Å². The Labute approximate surface area is 105 Å². The molecule has 0 unspecified atom stereocenters. The lowest BCUT2D eigenvalue weighted by atomic mass is 10.2. The summed E-state index contributed by atoms with van der Waals surface area (Å²) in [5.74, 6) is 0.395. The van der Waals surface area contributed by atoms with Crippen molar-refractivity contribution in [3.8, 4) is 0 Å². The number of hydrogen-bond acceptors (Lipinski definition) is 4. The van der Waals surface area contributed by atoms with Crippen LogP contribution in [0.4, 0.5) is 10.3 Å². The van der Waals surface area contributed by atoms with Crippen LogP contribution in [0, 0.1) is 5.82 Å². The molecular weight excluding hydrogens is 231 g/mol. The Morgan fingerprint density at radius 2 is 1.61 bits per heavy atom. The first-order valence-electron chi connectivity index (χ1n) is 5.72. The van der Waals surface area contributed by atoms with Gasteiger partial charge in [-0.3, -0.25) is 0 Å². The second-order valence-electron chi connectivity index (χ2n) is 3.89. The maximum absolute atomic E-state index is 12.7. The number of rotatable bonds is 5. The van der Waals surface area contributed by atoms with Gasteiger partial charge in [-0.05, 0) is 17.7 Å². The molecule has 1 aromatic carbocycles. The first-order chi connectivity index (χ1) is 8.78. The van der Waals surface area contributed by atoms with Gasteiger partial charge in [-0.2, -0.15) is 0 Å². The zero-order chi connectivity index (χ0) is 12.8. The minimum atomic E-state index is -0.213. The first kappa shape index (κ1) is 12.4. The average molecular weight is 246 g/mol. The molecule has 0 bridgehead atoms. The molecule has 2 aromatic rings. The van der Waals surface area contributed by atoms with Crippen LogP contribution in [0.25, 0.3) is 0 Å². The molecule has 0 aliphatic rings. The number of anilines is 1. The van der Waals surface area contributed by atoms with Crippen LogP contribution < -0.4 is 10.6 Å². The van der Waals surface area contributed by atoms with Gasteiger partial charge in [0, 0.05) is 38.1 Å². The molecule has 0 fully saturated rings. The van der Waals surface area contributed by atoms with E-state index >= 15 is 0 Å². The van der Waals surface area contributed by atoms with Crippen molar-refractivity contribution in [2.24, 2.45) is 0 Å². The van der Waals surface area contributed by atoms with Crippen LogP contribution in [-0.4, -0.2) is 17.0 Å². The van der Waals surface area contributed by atoms with E-state index in [0.717, 1.165) is 11.1 Å². The summed E-state index contributed by atoms with van der Waals surface area (Å²) >= 11 is 0. The van der Waals surface area contributed by atoms with E-state index < -0.39 is 0 Å². The predicted octanol–water partition coefficient (Wildman–Crippen LogP) is 1.95. The number of nitrogens with one attached hydrogen (secondary N) is 2. The number of nitrogens with zero attached hydrogens (tertiary/aromatic N) is 2. The van der Waals surface area contributed by atoms with Crippen LogP contribution in [-0.2, 0) is 13.1 Å². The molecule has 94 valence electrons. The molecule has 0 radical (unpaired) electrons. The Bertz CT molecular complexity index is 481. The summed E-state index contributed by atoms with van der Waals surface area (Å²) in [6.07, 6.45) is 3.55. The molecule has 0 aliphatic heterocycles. The Kier molecular flexibility index (Phi) is 4.20. The van der Waals surface area contributed by atoms with Crippen molar-refractivity contribution >= 4 is 5.95 Å². The van der Waals surface area contributed by atoms with Crippen LogP contribution in [0.5, 0.6) is 0 Å². The Balaban J connectivity index is 1.82. The number of aromatic nitrogens is 2. The molecule has 1 aromatic heterocycles.